The normalized spacial score (nSPS) is 11.4. The summed E-state index contributed by atoms with van der Waals surface area (Å²) in [6, 6.07) is 13.3. The Morgan fingerprint density at radius 1 is 1.08 bits per heavy atom. The molecule has 6 nitrogen and oxygen atoms in total. The maximum atomic E-state index is 12.6. The summed E-state index contributed by atoms with van der Waals surface area (Å²) in [6.07, 6.45) is 0. The first-order valence-corrected chi connectivity index (χ1v) is 10.1. The van der Waals surface area contributed by atoms with Gasteiger partial charge in [-0.15, -0.1) is 0 Å². The molecule has 0 aliphatic heterocycles. The number of halogens is 1. The van der Waals surface area contributed by atoms with E-state index in [1.165, 1.54) is 16.4 Å². The molecular formula is C18H22ClN3O3S. The molecule has 1 amide bonds. The molecule has 140 valence electrons. The number of hydrogen-bond acceptors (Lipinski definition) is 4. The highest BCUT2D eigenvalue weighted by Gasteiger charge is 2.21. The molecule has 0 unspecified atom stereocenters. The molecule has 8 heteroatoms. The highest BCUT2D eigenvalue weighted by Crippen LogP contribution is 2.21. The van der Waals surface area contributed by atoms with Crippen LogP contribution in [0.1, 0.15) is 13.8 Å². The van der Waals surface area contributed by atoms with Crippen LogP contribution in [0.25, 0.3) is 0 Å². The van der Waals surface area contributed by atoms with E-state index in [4.69, 9.17) is 11.6 Å². The van der Waals surface area contributed by atoms with Crippen molar-refractivity contribution < 1.29 is 13.2 Å². The van der Waals surface area contributed by atoms with Crippen LogP contribution in [0.15, 0.2) is 53.4 Å². The first-order chi connectivity index (χ1) is 12.4. The molecule has 26 heavy (non-hydrogen) atoms. The van der Waals surface area contributed by atoms with E-state index in [-0.39, 0.29) is 17.3 Å². The fourth-order valence-corrected chi connectivity index (χ4v) is 4.14. The molecule has 0 saturated heterocycles. The summed E-state index contributed by atoms with van der Waals surface area (Å²) >= 11 is 6.03. The Kier molecular flexibility index (Phi) is 7.02. The molecule has 0 saturated carbocycles. The van der Waals surface area contributed by atoms with Gasteiger partial charge < -0.3 is 10.6 Å². The van der Waals surface area contributed by atoms with Crippen molar-refractivity contribution in [3.63, 3.8) is 0 Å². The summed E-state index contributed by atoms with van der Waals surface area (Å²) in [6.45, 7) is 4.35. The van der Waals surface area contributed by atoms with Gasteiger partial charge in [-0.05, 0) is 30.3 Å². The molecule has 2 rings (SSSR count). The molecule has 2 aromatic rings. The third-order valence-electron chi connectivity index (χ3n) is 3.77. The van der Waals surface area contributed by atoms with Gasteiger partial charge in [0.15, 0.2) is 0 Å². The minimum atomic E-state index is -3.57. The molecule has 0 fully saturated rings. The third kappa shape index (κ3) is 4.97. The maximum Gasteiger partial charge on any atom is 0.243 e. The molecule has 0 atom stereocenters. The molecule has 0 bridgehead atoms. The maximum absolute atomic E-state index is 12.6. The molecule has 2 N–H and O–H groups in total. The lowest BCUT2D eigenvalue weighted by Crippen LogP contribution is -2.30. The quantitative estimate of drug-likeness (QED) is 0.717. The second-order valence-electron chi connectivity index (χ2n) is 5.50. The third-order valence-corrected chi connectivity index (χ3v) is 6.15. The Morgan fingerprint density at radius 2 is 1.77 bits per heavy atom. The smallest absolute Gasteiger partial charge is 0.243 e. The zero-order valence-electron chi connectivity index (χ0n) is 14.7. The van der Waals surface area contributed by atoms with E-state index in [9.17, 15) is 13.2 Å². The van der Waals surface area contributed by atoms with Crippen LogP contribution >= 0.6 is 11.6 Å². The van der Waals surface area contributed by atoms with E-state index >= 15 is 0 Å². The van der Waals surface area contributed by atoms with Crippen molar-refractivity contribution in [1.29, 1.82) is 0 Å². The van der Waals surface area contributed by atoms with E-state index in [1.54, 1.807) is 44.2 Å². The first kappa shape index (κ1) is 20.2. The molecule has 0 aliphatic carbocycles. The summed E-state index contributed by atoms with van der Waals surface area (Å²) in [4.78, 5) is 12.3. The lowest BCUT2D eigenvalue weighted by molar-refractivity contribution is -0.114. The van der Waals surface area contributed by atoms with Gasteiger partial charge >= 0.3 is 0 Å². The van der Waals surface area contributed by atoms with E-state index in [2.05, 4.69) is 10.6 Å². The number of anilines is 2. The summed E-state index contributed by atoms with van der Waals surface area (Å²) < 4.78 is 26.5. The Balaban J connectivity index is 2.06. The average Bonchev–Trinajstić information content (AvgIpc) is 2.62. The van der Waals surface area contributed by atoms with Crippen molar-refractivity contribution in [1.82, 2.24) is 4.31 Å². The van der Waals surface area contributed by atoms with Gasteiger partial charge in [-0.2, -0.15) is 4.31 Å². The van der Waals surface area contributed by atoms with Crippen molar-refractivity contribution >= 4 is 38.9 Å². The van der Waals surface area contributed by atoms with Crippen LogP contribution in [0.2, 0.25) is 5.02 Å². The predicted molar refractivity (Wildman–Crippen MR) is 105 cm³/mol. The average molecular weight is 396 g/mol. The highest BCUT2D eigenvalue weighted by atomic mass is 35.5. The van der Waals surface area contributed by atoms with Crippen LogP contribution in [0.3, 0.4) is 0 Å². The second-order valence-corrected chi connectivity index (χ2v) is 7.84. The number of carbonyl (C=O) groups is 1. The number of amides is 1. The number of benzene rings is 2. The largest absolute Gasteiger partial charge is 0.375 e. The Hall–Kier alpha value is -2.09. The van der Waals surface area contributed by atoms with Crippen LogP contribution in [0.5, 0.6) is 0 Å². The van der Waals surface area contributed by atoms with Crippen LogP contribution in [0, 0.1) is 0 Å². The summed E-state index contributed by atoms with van der Waals surface area (Å²) in [5, 5.41) is 6.16. The molecular weight excluding hydrogens is 374 g/mol. The van der Waals surface area contributed by atoms with Gasteiger partial charge in [-0.25, -0.2) is 8.42 Å². The second kappa shape index (κ2) is 9.02. The predicted octanol–water partition coefficient (Wildman–Crippen LogP) is 3.42. The van der Waals surface area contributed by atoms with Gasteiger partial charge in [0.05, 0.1) is 22.2 Å². The monoisotopic (exact) mass is 395 g/mol. The van der Waals surface area contributed by atoms with Gasteiger partial charge in [-0.1, -0.05) is 43.6 Å². The van der Waals surface area contributed by atoms with Gasteiger partial charge in [0.25, 0.3) is 0 Å². The minimum Gasteiger partial charge on any atom is -0.375 e. The number of carbonyl (C=O) groups excluding carboxylic acids is 1. The Labute approximate surface area is 159 Å². The SMILES string of the molecule is CCN(CC)S(=O)(=O)c1cccc(NC(=O)CNc2ccccc2Cl)c1. The summed E-state index contributed by atoms with van der Waals surface area (Å²) in [7, 11) is -3.57. The number of rotatable bonds is 8. The number of nitrogens with one attached hydrogen (secondary N) is 2. The van der Waals surface area contributed by atoms with Gasteiger partial charge in [0.2, 0.25) is 15.9 Å². The summed E-state index contributed by atoms with van der Waals surface area (Å²) in [5.74, 6) is -0.303. The van der Waals surface area contributed by atoms with Crippen molar-refractivity contribution in [2.75, 3.05) is 30.3 Å². The fourth-order valence-electron chi connectivity index (χ4n) is 2.43. The molecule has 0 aromatic heterocycles. The molecule has 0 radical (unpaired) electrons. The summed E-state index contributed by atoms with van der Waals surface area (Å²) in [5.41, 5.74) is 1.08. The van der Waals surface area contributed by atoms with E-state index in [1.807, 2.05) is 6.07 Å². The van der Waals surface area contributed by atoms with Crippen LogP contribution in [-0.4, -0.2) is 38.3 Å². The van der Waals surface area contributed by atoms with Gasteiger partial charge in [0, 0.05) is 18.8 Å². The van der Waals surface area contributed by atoms with Crippen LogP contribution in [0.4, 0.5) is 11.4 Å². The zero-order chi connectivity index (χ0) is 19.2. The number of nitrogens with zero attached hydrogens (tertiary/aromatic N) is 1. The van der Waals surface area contributed by atoms with E-state index in [0.29, 0.717) is 29.5 Å². The van der Waals surface area contributed by atoms with Crippen molar-refractivity contribution in [2.45, 2.75) is 18.7 Å². The van der Waals surface area contributed by atoms with Crippen LogP contribution in [-0.2, 0) is 14.8 Å². The highest BCUT2D eigenvalue weighted by molar-refractivity contribution is 7.89. The van der Waals surface area contributed by atoms with Gasteiger partial charge in [-0.3, -0.25) is 4.79 Å². The van der Waals surface area contributed by atoms with Crippen molar-refractivity contribution in [3.05, 3.63) is 53.6 Å². The van der Waals surface area contributed by atoms with Crippen molar-refractivity contribution in [3.8, 4) is 0 Å². The fraction of sp³-hybridized carbons (Fsp3) is 0.278. The first-order valence-electron chi connectivity index (χ1n) is 8.27. The molecule has 0 spiro atoms. The number of hydrogen-bond donors (Lipinski definition) is 2. The van der Waals surface area contributed by atoms with E-state index in [0.717, 1.165) is 0 Å². The topological polar surface area (TPSA) is 78.5 Å². The lowest BCUT2D eigenvalue weighted by atomic mass is 10.3. The zero-order valence-corrected chi connectivity index (χ0v) is 16.3. The molecule has 0 heterocycles. The molecule has 0 aliphatic rings. The molecule has 2 aromatic carbocycles. The van der Waals surface area contributed by atoms with E-state index < -0.39 is 10.0 Å². The minimum absolute atomic E-state index is 0.0107. The van der Waals surface area contributed by atoms with Gasteiger partial charge in [0.1, 0.15) is 0 Å². The number of sulfonamides is 1. The standard InChI is InChI=1S/C18H22ClN3O3S/c1-3-22(4-2)26(24,25)15-9-7-8-14(12-15)21-18(23)13-20-17-11-6-5-10-16(17)19/h5-12,20H,3-4,13H2,1-2H3,(H,21,23). The lowest BCUT2D eigenvalue weighted by Gasteiger charge is -2.19. The number of para-hydroxylation sites is 1. The van der Waals surface area contributed by atoms with Crippen LogP contribution < -0.4 is 10.6 Å². The van der Waals surface area contributed by atoms with Crippen molar-refractivity contribution in [2.24, 2.45) is 0 Å². The Bertz CT molecular complexity index is 867. The Morgan fingerprint density at radius 3 is 2.42 bits per heavy atom.